The van der Waals surface area contributed by atoms with E-state index < -0.39 is 27.7 Å². The summed E-state index contributed by atoms with van der Waals surface area (Å²) in [6.07, 6.45) is -0.00425. The first-order valence-electron chi connectivity index (χ1n) is 8.33. The number of hydrogen-bond acceptors (Lipinski definition) is 5. The smallest absolute Gasteiger partial charge is 0.279 e. The van der Waals surface area contributed by atoms with Gasteiger partial charge in [-0.1, -0.05) is 18.2 Å². The number of sulfonamides is 1. The number of nitrogens with one attached hydrogen (secondary N) is 3. The van der Waals surface area contributed by atoms with E-state index in [1.54, 1.807) is 29.6 Å². The fraction of sp³-hybridized carbons (Fsp3) is 0.0526. The summed E-state index contributed by atoms with van der Waals surface area (Å²) in [6, 6.07) is 14.0. The molecule has 0 bridgehead atoms. The van der Waals surface area contributed by atoms with Crippen molar-refractivity contribution in [3.63, 3.8) is 0 Å². The van der Waals surface area contributed by atoms with Crippen LogP contribution < -0.4 is 15.6 Å². The fourth-order valence-electron chi connectivity index (χ4n) is 2.34. The molecule has 7 nitrogen and oxygen atoms in total. The van der Waals surface area contributed by atoms with Crippen LogP contribution in [0.15, 0.2) is 70.9 Å². The molecule has 150 valence electrons. The van der Waals surface area contributed by atoms with Gasteiger partial charge in [-0.05, 0) is 53.4 Å². The van der Waals surface area contributed by atoms with Gasteiger partial charge in [0.25, 0.3) is 15.9 Å². The number of anilines is 1. The summed E-state index contributed by atoms with van der Waals surface area (Å²) in [6.45, 7) is 0. The number of carbonyl (C=O) groups is 2. The minimum absolute atomic E-state index is 0.00425. The minimum Gasteiger partial charge on any atom is -0.280 e. The number of thiophene rings is 1. The van der Waals surface area contributed by atoms with Gasteiger partial charge >= 0.3 is 0 Å². The predicted molar refractivity (Wildman–Crippen MR) is 107 cm³/mol. The topological polar surface area (TPSA) is 104 Å². The molecule has 3 N–H and O–H groups in total. The highest BCUT2D eigenvalue weighted by Crippen LogP contribution is 2.17. The Kier molecular flexibility index (Phi) is 6.25. The van der Waals surface area contributed by atoms with E-state index in [-0.39, 0.29) is 11.3 Å². The van der Waals surface area contributed by atoms with Crippen LogP contribution in [0.1, 0.15) is 15.2 Å². The first kappa shape index (κ1) is 20.5. The second kappa shape index (κ2) is 8.84. The van der Waals surface area contributed by atoms with Crippen molar-refractivity contribution >= 4 is 38.9 Å². The molecule has 1 heterocycles. The van der Waals surface area contributed by atoms with Gasteiger partial charge in [0, 0.05) is 5.69 Å². The average Bonchev–Trinajstić information content (AvgIpc) is 3.23. The number of carbonyl (C=O) groups excluding carboxylic acids is 2. The van der Waals surface area contributed by atoms with Gasteiger partial charge in [-0.3, -0.25) is 25.2 Å². The fourth-order valence-corrected chi connectivity index (χ4v) is 4.02. The van der Waals surface area contributed by atoms with E-state index in [2.05, 4.69) is 15.6 Å². The molecule has 0 aliphatic rings. The van der Waals surface area contributed by atoms with Gasteiger partial charge in [-0.15, -0.1) is 11.3 Å². The lowest BCUT2D eigenvalue weighted by atomic mass is 10.1. The highest BCUT2D eigenvalue weighted by Gasteiger charge is 2.14. The summed E-state index contributed by atoms with van der Waals surface area (Å²) < 4.78 is 39.9. The van der Waals surface area contributed by atoms with Crippen LogP contribution in [0, 0.1) is 5.82 Å². The molecular weight excluding hydrogens is 417 g/mol. The van der Waals surface area contributed by atoms with Gasteiger partial charge in [0.15, 0.2) is 0 Å². The molecule has 29 heavy (non-hydrogen) atoms. The molecule has 0 radical (unpaired) electrons. The van der Waals surface area contributed by atoms with Gasteiger partial charge < -0.3 is 0 Å². The Bertz CT molecular complexity index is 1100. The molecule has 0 unspecified atom stereocenters. The zero-order valence-electron chi connectivity index (χ0n) is 14.9. The zero-order chi connectivity index (χ0) is 20.9. The van der Waals surface area contributed by atoms with Crippen LogP contribution in [0.4, 0.5) is 10.1 Å². The standard InChI is InChI=1S/C19H16FN3O4S2/c20-14-5-9-16(10-6-14)29(26,27)23-15-7-3-13(4-8-15)12-18(24)21-22-19(25)17-2-1-11-28-17/h1-11,23H,12H2,(H,21,24)(H,22,25). The molecule has 3 aromatic rings. The molecule has 0 aliphatic carbocycles. The zero-order valence-corrected chi connectivity index (χ0v) is 16.5. The van der Waals surface area contributed by atoms with Crippen LogP contribution >= 0.6 is 11.3 Å². The second-order valence-corrected chi connectivity index (χ2v) is 8.54. The molecule has 2 amide bonds. The Morgan fingerprint density at radius 1 is 0.931 bits per heavy atom. The number of amides is 2. The normalized spacial score (nSPS) is 10.9. The monoisotopic (exact) mass is 433 g/mol. The number of hydrogen-bond donors (Lipinski definition) is 3. The largest absolute Gasteiger partial charge is 0.280 e. The highest BCUT2D eigenvalue weighted by molar-refractivity contribution is 7.92. The molecule has 0 spiro atoms. The van der Waals surface area contributed by atoms with Crippen molar-refractivity contribution in [3.05, 3.63) is 82.3 Å². The number of hydrazine groups is 1. The van der Waals surface area contributed by atoms with E-state index in [1.807, 2.05) is 0 Å². The molecular formula is C19H16FN3O4S2. The van der Waals surface area contributed by atoms with Crippen LogP contribution in [0.2, 0.25) is 0 Å². The maximum Gasteiger partial charge on any atom is 0.279 e. The van der Waals surface area contributed by atoms with Crippen LogP contribution in [0.5, 0.6) is 0 Å². The minimum atomic E-state index is -3.85. The van der Waals surface area contributed by atoms with Gasteiger partial charge in [0.1, 0.15) is 5.82 Å². The first-order valence-corrected chi connectivity index (χ1v) is 10.7. The summed E-state index contributed by atoms with van der Waals surface area (Å²) in [5.41, 5.74) is 5.57. The number of halogens is 1. The van der Waals surface area contributed by atoms with E-state index in [4.69, 9.17) is 0 Å². The molecule has 2 aromatic carbocycles. The lowest BCUT2D eigenvalue weighted by Gasteiger charge is -2.09. The Balaban J connectivity index is 1.55. The summed E-state index contributed by atoms with van der Waals surface area (Å²) in [7, 11) is -3.85. The maximum atomic E-state index is 13.0. The molecule has 0 fully saturated rings. The summed E-state index contributed by atoms with van der Waals surface area (Å²) in [5, 5.41) is 1.75. The Morgan fingerprint density at radius 2 is 1.62 bits per heavy atom. The molecule has 3 rings (SSSR count). The molecule has 1 aromatic heterocycles. The van der Waals surface area contributed by atoms with E-state index in [9.17, 15) is 22.4 Å². The predicted octanol–water partition coefficient (Wildman–Crippen LogP) is 2.69. The summed E-state index contributed by atoms with van der Waals surface area (Å²) >= 11 is 1.25. The van der Waals surface area contributed by atoms with Crippen molar-refractivity contribution in [2.75, 3.05) is 4.72 Å². The van der Waals surface area contributed by atoms with Gasteiger partial charge in [-0.25, -0.2) is 12.8 Å². The average molecular weight is 433 g/mol. The third-order valence-corrected chi connectivity index (χ3v) is 6.02. The first-order chi connectivity index (χ1) is 13.8. The molecule has 0 atom stereocenters. The Hall–Kier alpha value is -3.24. The van der Waals surface area contributed by atoms with Crippen molar-refractivity contribution in [1.82, 2.24) is 10.9 Å². The number of rotatable bonds is 6. The number of benzene rings is 2. The van der Waals surface area contributed by atoms with Crippen LogP contribution in [0.3, 0.4) is 0 Å². The molecule has 0 saturated heterocycles. The third kappa shape index (κ3) is 5.62. The van der Waals surface area contributed by atoms with E-state index in [0.717, 1.165) is 12.1 Å². The molecule has 10 heteroatoms. The van der Waals surface area contributed by atoms with Crippen molar-refractivity contribution in [3.8, 4) is 0 Å². The van der Waals surface area contributed by atoms with Crippen LogP contribution in [-0.2, 0) is 21.2 Å². The third-order valence-electron chi connectivity index (χ3n) is 3.76. The van der Waals surface area contributed by atoms with E-state index in [0.29, 0.717) is 16.1 Å². The van der Waals surface area contributed by atoms with Crippen LogP contribution in [0.25, 0.3) is 0 Å². The van der Waals surface area contributed by atoms with Crippen LogP contribution in [-0.4, -0.2) is 20.2 Å². The summed E-state index contributed by atoms with van der Waals surface area (Å²) in [4.78, 5) is 24.1. The quantitative estimate of drug-likeness (QED) is 0.520. The van der Waals surface area contributed by atoms with Gasteiger partial charge in [-0.2, -0.15) is 0 Å². The van der Waals surface area contributed by atoms with Crippen molar-refractivity contribution in [1.29, 1.82) is 0 Å². The van der Waals surface area contributed by atoms with Gasteiger partial charge in [0.2, 0.25) is 5.91 Å². The van der Waals surface area contributed by atoms with E-state index >= 15 is 0 Å². The van der Waals surface area contributed by atoms with Crippen molar-refractivity contribution < 1.29 is 22.4 Å². The molecule has 0 saturated carbocycles. The highest BCUT2D eigenvalue weighted by atomic mass is 32.2. The van der Waals surface area contributed by atoms with E-state index in [1.165, 1.54) is 35.6 Å². The Morgan fingerprint density at radius 3 is 2.24 bits per heavy atom. The SMILES string of the molecule is O=C(Cc1ccc(NS(=O)(=O)c2ccc(F)cc2)cc1)NNC(=O)c1cccs1. The maximum absolute atomic E-state index is 13.0. The summed E-state index contributed by atoms with van der Waals surface area (Å²) in [5.74, 6) is -1.35. The second-order valence-electron chi connectivity index (χ2n) is 5.91. The lowest BCUT2D eigenvalue weighted by Crippen LogP contribution is -2.42. The van der Waals surface area contributed by atoms with Gasteiger partial charge in [0.05, 0.1) is 16.2 Å². The Labute approximate surface area is 170 Å². The van der Waals surface area contributed by atoms with Crippen molar-refractivity contribution in [2.45, 2.75) is 11.3 Å². The lowest BCUT2D eigenvalue weighted by molar-refractivity contribution is -0.121. The molecule has 0 aliphatic heterocycles. The van der Waals surface area contributed by atoms with Crippen molar-refractivity contribution in [2.24, 2.45) is 0 Å².